The van der Waals surface area contributed by atoms with Gasteiger partial charge in [-0.3, -0.25) is 4.79 Å². The van der Waals surface area contributed by atoms with Gasteiger partial charge in [-0.15, -0.1) is 11.3 Å². The van der Waals surface area contributed by atoms with Crippen molar-refractivity contribution >= 4 is 51.4 Å². The lowest BCUT2D eigenvalue weighted by molar-refractivity contribution is 0.0963. The van der Waals surface area contributed by atoms with E-state index in [1.165, 1.54) is 17.5 Å². The van der Waals surface area contributed by atoms with Gasteiger partial charge in [0.1, 0.15) is 10.8 Å². The number of thiazole rings is 1. The number of aromatic nitrogens is 3. The average molecular weight is 481 g/mol. The first kappa shape index (κ1) is 22.5. The topological polar surface area (TPSA) is 101 Å². The van der Waals surface area contributed by atoms with E-state index in [0.29, 0.717) is 38.9 Å². The van der Waals surface area contributed by atoms with E-state index in [-0.39, 0.29) is 5.91 Å². The molecule has 0 fully saturated rings. The number of anilines is 4. The minimum absolute atomic E-state index is 0.123. The Hall–Kier alpha value is -3.69. The zero-order chi connectivity index (χ0) is 23.4. The molecule has 0 radical (unpaired) electrons. The van der Waals surface area contributed by atoms with Crippen LogP contribution in [-0.4, -0.2) is 35.0 Å². The number of ether oxygens (including phenoxy) is 1. The van der Waals surface area contributed by atoms with Crippen LogP contribution in [0.3, 0.4) is 0 Å². The van der Waals surface area contributed by atoms with Crippen molar-refractivity contribution < 1.29 is 9.53 Å². The monoisotopic (exact) mass is 480 g/mol. The fourth-order valence-electron chi connectivity index (χ4n) is 3.23. The molecule has 1 amide bonds. The van der Waals surface area contributed by atoms with Gasteiger partial charge in [-0.05, 0) is 47.9 Å². The number of amides is 1. The molecule has 33 heavy (non-hydrogen) atoms. The number of hydrogen-bond donors (Lipinski definition) is 3. The molecule has 4 aromatic rings. The normalized spacial score (nSPS) is 10.5. The maximum absolute atomic E-state index is 11.8. The van der Waals surface area contributed by atoms with Crippen molar-refractivity contribution in [3.05, 3.63) is 70.3 Å². The summed E-state index contributed by atoms with van der Waals surface area (Å²) in [5.41, 5.74) is 4.29. The molecule has 10 heteroatoms. The van der Waals surface area contributed by atoms with Crippen molar-refractivity contribution in [3.8, 4) is 16.9 Å². The van der Waals surface area contributed by atoms with Gasteiger partial charge in [-0.2, -0.15) is 4.98 Å². The summed E-state index contributed by atoms with van der Waals surface area (Å²) in [5.74, 6) is 1.31. The Morgan fingerprint density at radius 1 is 1.12 bits per heavy atom. The molecule has 0 atom stereocenters. The molecule has 0 unspecified atom stereocenters. The second-order valence-electron chi connectivity index (χ2n) is 7.00. The molecular formula is C23H21ClN6O2S. The summed E-state index contributed by atoms with van der Waals surface area (Å²) in [7, 11) is 3.21. The van der Waals surface area contributed by atoms with E-state index in [1.807, 2.05) is 36.6 Å². The van der Waals surface area contributed by atoms with Crippen LogP contribution in [0.15, 0.2) is 54.2 Å². The fraction of sp³-hybridized carbons (Fsp3) is 0.130. The number of carbonyl (C=O) groups is 1. The Morgan fingerprint density at radius 3 is 2.58 bits per heavy atom. The number of aryl methyl sites for hydroxylation is 1. The summed E-state index contributed by atoms with van der Waals surface area (Å²) in [6.07, 6.45) is 3.22. The molecule has 0 aliphatic heterocycles. The van der Waals surface area contributed by atoms with Crippen LogP contribution < -0.4 is 20.7 Å². The molecular weight excluding hydrogens is 460 g/mol. The van der Waals surface area contributed by atoms with Crippen LogP contribution in [0.2, 0.25) is 5.02 Å². The maximum atomic E-state index is 11.8. The van der Waals surface area contributed by atoms with Crippen LogP contribution in [-0.2, 0) is 0 Å². The predicted molar refractivity (Wildman–Crippen MR) is 132 cm³/mol. The summed E-state index contributed by atoms with van der Waals surface area (Å²) in [6, 6.07) is 11.3. The highest BCUT2D eigenvalue weighted by molar-refractivity contribution is 7.13. The summed E-state index contributed by atoms with van der Waals surface area (Å²) in [6.45, 7) is 2.00. The van der Waals surface area contributed by atoms with Gasteiger partial charge in [-0.1, -0.05) is 23.7 Å². The van der Waals surface area contributed by atoms with Crippen LogP contribution in [0.25, 0.3) is 11.1 Å². The number of hydrogen-bond acceptors (Lipinski definition) is 8. The number of nitrogens with one attached hydrogen (secondary N) is 3. The van der Waals surface area contributed by atoms with E-state index in [9.17, 15) is 4.79 Å². The zero-order valence-corrected chi connectivity index (χ0v) is 19.7. The van der Waals surface area contributed by atoms with Crippen molar-refractivity contribution in [1.82, 2.24) is 20.3 Å². The Morgan fingerprint density at radius 2 is 1.91 bits per heavy atom. The standard InChI is InChI=1S/C23H21ClN6O2S/c1-13-10-18(28-22-27-12-17(24)20(29-22)30-23-26-8-9-33-23)19(32-3)11-16(13)14-4-6-15(7-5-14)21(31)25-2/h4-12H,1-3H3,(H,25,31)(H2,26,27,28,29,30). The Kier molecular flexibility index (Phi) is 6.71. The van der Waals surface area contributed by atoms with Gasteiger partial charge >= 0.3 is 0 Å². The molecule has 2 aromatic carbocycles. The first-order chi connectivity index (χ1) is 16.0. The van der Waals surface area contributed by atoms with Gasteiger partial charge < -0.3 is 20.7 Å². The van der Waals surface area contributed by atoms with Crippen LogP contribution in [0, 0.1) is 6.92 Å². The van der Waals surface area contributed by atoms with E-state index in [0.717, 1.165) is 16.7 Å². The SMILES string of the molecule is CNC(=O)c1ccc(-c2cc(OC)c(Nc3ncc(Cl)c(Nc4nccs4)n3)cc2C)cc1. The third-order valence-corrected chi connectivity index (χ3v) is 5.85. The van der Waals surface area contributed by atoms with Crippen LogP contribution in [0.5, 0.6) is 5.75 Å². The van der Waals surface area contributed by atoms with Crippen LogP contribution in [0.1, 0.15) is 15.9 Å². The number of carbonyl (C=O) groups excluding carboxylic acids is 1. The van der Waals surface area contributed by atoms with E-state index in [1.54, 1.807) is 32.5 Å². The second kappa shape index (κ2) is 9.85. The lowest BCUT2D eigenvalue weighted by Crippen LogP contribution is -2.17. The second-order valence-corrected chi connectivity index (χ2v) is 8.30. The first-order valence-corrected chi connectivity index (χ1v) is 11.2. The Balaban J connectivity index is 1.62. The van der Waals surface area contributed by atoms with E-state index < -0.39 is 0 Å². The minimum Gasteiger partial charge on any atom is -0.495 e. The quantitative estimate of drug-likeness (QED) is 0.324. The summed E-state index contributed by atoms with van der Waals surface area (Å²) >= 11 is 7.68. The Labute approximate surface area is 200 Å². The van der Waals surface area contributed by atoms with Gasteiger partial charge in [0.05, 0.1) is 19.0 Å². The van der Waals surface area contributed by atoms with Gasteiger partial charge in [0.2, 0.25) is 5.95 Å². The molecule has 3 N–H and O–H groups in total. The lowest BCUT2D eigenvalue weighted by Gasteiger charge is -2.15. The fourth-order valence-corrected chi connectivity index (χ4v) is 3.90. The summed E-state index contributed by atoms with van der Waals surface area (Å²) in [5, 5.41) is 11.8. The molecule has 4 rings (SSSR count). The molecule has 0 bridgehead atoms. The molecule has 168 valence electrons. The van der Waals surface area contributed by atoms with Crippen molar-refractivity contribution in [2.45, 2.75) is 6.92 Å². The van der Waals surface area contributed by atoms with Gasteiger partial charge in [-0.25, -0.2) is 9.97 Å². The molecule has 0 saturated carbocycles. The number of benzene rings is 2. The average Bonchev–Trinajstić information content (AvgIpc) is 3.34. The number of methoxy groups -OCH3 is 1. The van der Waals surface area contributed by atoms with Crippen molar-refractivity contribution in [2.75, 3.05) is 24.8 Å². The van der Waals surface area contributed by atoms with Gasteiger partial charge in [0.25, 0.3) is 5.91 Å². The zero-order valence-electron chi connectivity index (χ0n) is 18.1. The number of halogens is 1. The lowest BCUT2D eigenvalue weighted by atomic mass is 9.98. The highest BCUT2D eigenvalue weighted by Gasteiger charge is 2.14. The molecule has 2 aromatic heterocycles. The van der Waals surface area contributed by atoms with Crippen molar-refractivity contribution in [3.63, 3.8) is 0 Å². The van der Waals surface area contributed by atoms with Crippen molar-refractivity contribution in [2.24, 2.45) is 0 Å². The smallest absolute Gasteiger partial charge is 0.251 e. The van der Waals surface area contributed by atoms with E-state index in [2.05, 4.69) is 30.9 Å². The minimum atomic E-state index is -0.123. The summed E-state index contributed by atoms with van der Waals surface area (Å²) < 4.78 is 5.62. The Bertz CT molecular complexity index is 1280. The number of nitrogens with zero attached hydrogens (tertiary/aromatic N) is 3. The van der Waals surface area contributed by atoms with E-state index >= 15 is 0 Å². The van der Waals surface area contributed by atoms with E-state index in [4.69, 9.17) is 16.3 Å². The van der Waals surface area contributed by atoms with Gasteiger partial charge in [0.15, 0.2) is 10.9 Å². The van der Waals surface area contributed by atoms with Crippen LogP contribution in [0.4, 0.5) is 22.6 Å². The molecule has 0 saturated heterocycles. The first-order valence-electron chi connectivity index (χ1n) is 9.95. The molecule has 8 nitrogen and oxygen atoms in total. The van der Waals surface area contributed by atoms with Crippen molar-refractivity contribution in [1.29, 1.82) is 0 Å². The van der Waals surface area contributed by atoms with Crippen LogP contribution >= 0.6 is 22.9 Å². The summed E-state index contributed by atoms with van der Waals surface area (Å²) in [4.78, 5) is 24.8. The highest BCUT2D eigenvalue weighted by atomic mass is 35.5. The van der Waals surface area contributed by atoms with Gasteiger partial charge in [0, 0.05) is 24.2 Å². The third kappa shape index (κ3) is 5.05. The third-order valence-electron chi connectivity index (χ3n) is 4.88. The maximum Gasteiger partial charge on any atom is 0.251 e. The molecule has 0 aliphatic carbocycles. The largest absolute Gasteiger partial charge is 0.495 e. The predicted octanol–water partition coefficient (Wildman–Crippen LogP) is 5.42. The highest BCUT2D eigenvalue weighted by Crippen LogP contribution is 2.36. The molecule has 2 heterocycles. The molecule has 0 spiro atoms. The number of rotatable bonds is 7. The molecule has 0 aliphatic rings.